The Balaban J connectivity index is 2.02. The number of halogens is 1. The fraction of sp³-hybridized carbons (Fsp3) is 0.417. The van der Waals surface area contributed by atoms with Crippen LogP contribution in [0.3, 0.4) is 0 Å². The number of nitrogens with one attached hydrogen (secondary N) is 1. The summed E-state index contributed by atoms with van der Waals surface area (Å²) in [7, 11) is 0. The van der Waals surface area contributed by atoms with Gasteiger partial charge in [-0.3, -0.25) is 4.79 Å². The summed E-state index contributed by atoms with van der Waals surface area (Å²) in [5.41, 5.74) is 1.75. The van der Waals surface area contributed by atoms with Gasteiger partial charge in [-0.05, 0) is 31.0 Å². The lowest BCUT2D eigenvalue weighted by atomic mass is 10.1. The Morgan fingerprint density at radius 2 is 2.38 bits per heavy atom. The fourth-order valence-electron chi connectivity index (χ4n) is 1.66. The van der Waals surface area contributed by atoms with Crippen molar-refractivity contribution in [2.45, 2.75) is 13.3 Å². The molecule has 1 aliphatic rings. The van der Waals surface area contributed by atoms with E-state index < -0.39 is 0 Å². The van der Waals surface area contributed by atoms with Crippen molar-refractivity contribution in [3.05, 3.63) is 28.8 Å². The third kappa shape index (κ3) is 2.54. The van der Waals surface area contributed by atoms with Gasteiger partial charge in [0.25, 0.3) is 0 Å². The van der Waals surface area contributed by atoms with Crippen LogP contribution in [0.5, 0.6) is 0 Å². The summed E-state index contributed by atoms with van der Waals surface area (Å²) in [6, 6.07) is 5.52. The number of hydrogen-bond acceptors (Lipinski definition) is 2. The van der Waals surface area contributed by atoms with E-state index in [1.807, 2.05) is 19.1 Å². The van der Waals surface area contributed by atoms with Gasteiger partial charge in [-0.2, -0.15) is 0 Å². The SMILES string of the molecule is Cc1ccc(NC(=O)C2CCOC2)cc1Cl. The van der Waals surface area contributed by atoms with E-state index in [9.17, 15) is 4.79 Å². The third-order valence-corrected chi connectivity index (χ3v) is 3.15. The lowest BCUT2D eigenvalue weighted by molar-refractivity contribution is -0.119. The van der Waals surface area contributed by atoms with E-state index in [0.717, 1.165) is 17.7 Å². The van der Waals surface area contributed by atoms with Gasteiger partial charge in [0.2, 0.25) is 5.91 Å². The van der Waals surface area contributed by atoms with Gasteiger partial charge < -0.3 is 10.1 Å². The zero-order valence-corrected chi connectivity index (χ0v) is 9.88. The largest absolute Gasteiger partial charge is 0.381 e. The molecule has 1 unspecified atom stereocenters. The number of benzene rings is 1. The van der Waals surface area contributed by atoms with Crippen molar-refractivity contribution >= 4 is 23.2 Å². The topological polar surface area (TPSA) is 38.3 Å². The van der Waals surface area contributed by atoms with E-state index in [0.29, 0.717) is 18.2 Å². The molecule has 1 N–H and O–H groups in total. The average molecular weight is 240 g/mol. The monoisotopic (exact) mass is 239 g/mol. The predicted octanol–water partition coefficient (Wildman–Crippen LogP) is 2.62. The fourth-order valence-corrected chi connectivity index (χ4v) is 1.84. The van der Waals surface area contributed by atoms with Crippen LogP contribution in [-0.2, 0) is 9.53 Å². The summed E-state index contributed by atoms with van der Waals surface area (Å²) < 4.78 is 5.17. The van der Waals surface area contributed by atoms with Crippen molar-refractivity contribution in [3.8, 4) is 0 Å². The molecule has 16 heavy (non-hydrogen) atoms. The molecule has 1 amide bonds. The lowest BCUT2D eigenvalue weighted by Crippen LogP contribution is -2.22. The number of rotatable bonds is 2. The molecule has 1 aromatic rings. The molecular formula is C12H14ClNO2. The second-order valence-electron chi connectivity index (χ2n) is 4.01. The Bertz CT molecular complexity index is 400. The van der Waals surface area contributed by atoms with E-state index in [4.69, 9.17) is 16.3 Å². The summed E-state index contributed by atoms with van der Waals surface area (Å²) >= 11 is 5.98. The first-order chi connectivity index (χ1) is 7.66. The smallest absolute Gasteiger partial charge is 0.229 e. The molecule has 3 nitrogen and oxygen atoms in total. The van der Waals surface area contributed by atoms with Crippen LogP contribution >= 0.6 is 11.6 Å². The van der Waals surface area contributed by atoms with Gasteiger partial charge in [-0.15, -0.1) is 0 Å². The molecule has 0 radical (unpaired) electrons. The lowest BCUT2D eigenvalue weighted by Gasteiger charge is -2.10. The van der Waals surface area contributed by atoms with Crippen LogP contribution < -0.4 is 5.32 Å². The third-order valence-electron chi connectivity index (χ3n) is 2.74. The van der Waals surface area contributed by atoms with Crippen LogP contribution in [0, 0.1) is 12.8 Å². The maximum absolute atomic E-state index is 11.8. The molecule has 0 spiro atoms. The molecule has 0 saturated carbocycles. The Morgan fingerprint density at radius 1 is 1.56 bits per heavy atom. The van der Waals surface area contributed by atoms with Gasteiger partial charge >= 0.3 is 0 Å². The molecule has 4 heteroatoms. The van der Waals surface area contributed by atoms with Crippen molar-refractivity contribution in [2.24, 2.45) is 5.92 Å². The van der Waals surface area contributed by atoms with E-state index in [1.165, 1.54) is 0 Å². The normalized spacial score (nSPS) is 19.8. The second kappa shape index (κ2) is 4.85. The number of carbonyl (C=O) groups excluding carboxylic acids is 1. The molecule has 1 heterocycles. The zero-order chi connectivity index (χ0) is 11.5. The number of aryl methyl sites for hydroxylation is 1. The molecular weight excluding hydrogens is 226 g/mol. The maximum atomic E-state index is 11.8. The molecule has 2 rings (SSSR count). The van der Waals surface area contributed by atoms with Crippen LogP contribution in [0.2, 0.25) is 5.02 Å². The maximum Gasteiger partial charge on any atom is 0.229 e. The van der Waals surface area contributed by atoms with E-state index in [1.54, 1.807) is 6.07 Å². The minimum absolute atomic E-state index is 0.0115. The number of hydrogen-bond donors (Lipinski definition) is 1. The molecule has 0 aromatic heterocycles. The van der Waals surface area contributed by atoms with Gasteiger partial charge in [0, 0.05) is 17.3 Å². The van der Waals surface area contributed by atoms with Crippen molar-refractivity contribution in [1.82, 2.24) is 0 Å². The Kier molecular flexibility index (Phi) is 3.46. The molecule has 0 aliphatic carbocycles. The highest BCUT2D eigenvalue weighted by molar-refractivity contribution is 6.31. The first-order valence-corrected chi connectivity index (χ1v) is 5.69. The van der Waals surface area contributed by atoms with E-state index in [2.05, 4.69) is 5.32 Å². The van der Waals surface area contributed by atoms with Crippen molar-refractivity contribution in [2.75, 3.05) is 18.5 Å². The van der Waals surface area contributed by atoms with Crippen molar-refractivity contribution < 1.29 is 9.53 Å². The van der Waals surface area contributed by atoms with Gasteiger partial charge in [-0.25, -0.2) is 0 Å². The standard InChI is InChI=1S/C12H14ClNO2/c1-8-2-3-10(6-11(8)13)14-12(15)9-4-5-16-7-9/h2-3,6,9H,4-5,7H2,1H3,(H,14,15). The van der Waals surface area contributed by atoms with E-state index in [-0.39, 0.29) is 11.8 Å². The zero-order valence-electron chi connectivity index (χ0n) is 9.13. The van der Waals surface area contributed by atoms with Gasteiger partial charge in [-0.1, -0.05) is 17.7 Å². The summed E-state index contributed by atoms with van der Waals surface area (Å²) in [5.74, 6) is -0.0162. The number of ether oxygens (including phenoxy) is 1. The summed E-state index contributed by atoms with van der Waals surface area (Å²) in [6.45, 7) is 3.12. The highest BCUT2D eigenvalue weighted by Gasteiger charge is 2.23. The molecule has 86 valence electrons. The van der Waals surface area contributed by atoms with E-state index >= 15 is 0 Å². The van der Waals surface area contributed by atoms with Crippen LogP contribution in [0.1, 0.15) is 12.0 Å². The quantitative estimate of drug-likeness (QED) is 0.862. The highest BCUT2D eigenvalue weighted by Crippen LogP contribution is 2.21. The Morgan fingerprint density at radius 3 is 3.00 bits per heavy atom. The first-order valence-electron chi connectivity index (χ1n) is 5.31. The second-order valence-corrected chi connectivity index (χ2v) is 4.42. The molecule has 1 aromatic carbocycles. The Hall–Kier alpha value is -1.06. The highest BCUT2D eigenvalue weighted by atomic mass is 35.5. The minimum Gasteiger partial charge on any atom is -0.381 e. The summed E-state index contributed by atoms with van der Waals surface area (Å²) in [6.07, 6.45) is 0.797. The average Bonchev–Trinajstić information content (AvgIpc) is 2.77. The molecule has 1 fully saturated rings. The molecule has 1 atom stereocenters. The molecule has 0 bridgehead atoms. The van der Waals surface area contributed by atoms with Crippen molar-refractivity contribution in [3.63, 3.8) is 0 Å². The van der Waals surface area contributed by atoms with Gasteiger partial charge in [0.15, 0.2) is 0 Å². The van der Waals surface area contributed by atoms with Gasteiger partial charge in [0.1, 0.15) is 0 Å². The van der Waals surface area contributed by atoms with Crippen LogP contribution in [0.4, 0.5) is 5.69 Å². The minimum atomic E-state index is -0.0277. The first kappa shape index (κ1) is 11.4. The Labute approximate surface area is 99.7 Å². The van der Waals surface area contributed by atoms with Crippen LogP contribution in [-0.4, -0.2) is 19.1 Å². The van der Waals surface area contributed by atoms with Crippen LogP contribution in [0.15, 0.2) is 18.2 Å². The summed E-state index contributed by atoms with van der Waals surface area (Å²) in [4.78, 5) is 11.8. The van der Waals surface area contributed by atoms with Crippen molar-refractivity contribution in [1.29, 1.82) is 0 Å². The number of amides is 1. The van der Waals surface area contributed by atoms with Crippen LogP contribution in [0.25, 0.3) is 0 Å². The van der Waals surface area contributed by atoms with Gasteiger partial charge in [0.05, 0.1) is 12.5 Å². The summed E-state index contributed by atoms with van der Waals surface area (Å²) in [5, 5.41) is 3.52. The molecule has 1 aliphatic heterocycles. The predicted molar refractivity (Wildman–Crippen MR) is 63.7 cm³/mol. The number of carbonyl (C=O) groups is 1. The number of anilines is 1. The molecule has 1 saturated heterocycles.